The van der Waals surface area contributed by atoms with Gasteiger partial charge in [0, 0.05) is 36.8 Å². The SMILES string of the molecule is COc1ccc(C(=O)Nc2ccc3c(c2)nc(CCNC(=O)c2ccccc2)n3C)cc1. The molecule has 0 unspecified atom stereocenters. The second kappa shape index (κ2) is 9.34. The summed E-state index contributed by atoms with van der Waals surface area (Å²) in [5.74, 6) is 1.25. The predicted octanol–water partition coefficient (Wildman–Crippen LogP) is 3.81. The lowest BCUT2D eigenvalue weighted by Gasteiger charge is -2.07. The summed E-state index contributed by atoms with van der Waals surface area (Å²) in [6, 6.07) is 21.7. The van der Waals surface area contributed by atoms with E-state index in [0.717, 1.165) is 16.9 Å². The van der Waals surface area contributed by atoms with Gasteiger partial charge in [0.15, 0.2) is 0 Å². The Bertz CT molecular complexity index is 1250. The van der Waals surface area contributed by atoms with Gasteiger partial charge < -0.3 is 19.9 Å². The van der Waals surface area contributed by atoms with Gasteiger partial charge in [-0.15, -0.1) is 0 Å². The van der Waals surface area contributed by atoms with Crippen molar-refractivity contribution in [2.75, 3.05) is 19.0 Å². The van der Waals surface area contributed by atoms with Crippen molar-refractivity contribution in [3.05, 3.63) is 89.7 Å². The summed E-state index contributed by atoms with van der Waals surface area (Å²) in [5.41, 5.74) is 3.58. The van der Waals surface area contributed by atoms with Gasteiger partial charge in [0.05, 0.1) is 18.1 Å². The molecule has 0 atom stereocenters. The molecule has 0 saturated carbocycles. The number of ether oxygens (including phenoxy) is 1. The van der Waals surface area contributed by atoms with Crippen LogP contribution in [-0.2, 0) is 13.5 Å². The first-order valence-electron chi connectivity index (χ1n) is 10.3. The number of nitrogens with one attached hydrogen (secondary N) is 2. The number of hydrogen-bond acceptors (Lipinski definition) is 4. The Morgan fingerprint density at radius 2 is 1.66 bits per heavy atom. The Labute approximate surface area is 186 Å². The monoisotopic (exact) mass is 428 g/mol. The third kappa shape index (κ3) is 4.62. The summed E-state index contributed by atoms with van der Waals surface area (Å²) in [5, 5.41) is 5.83. The number of carbonyl (C=O) groups excluding carboxylic acids is 2. The number of aryl methyl sites for hydroxylation is 1. The van der Waals surface area contributed by atoms with Crippen LogP contribution in [-0.4, -0.2) is 35.0 Å². The van der Waals surface area contributed by atoms with Crippen LogP contribution in [0.4, 0.5) is 5.69 Å². The molecule has 162 valence electrons. The van der Waals surface area contributed by atoms with E-state index < -0.39 is 0 Å². The van der Waals surface area contributed by atoms with E-state index in [2.05, 4.69) is 15.6 Å². The quantitative estimate of drug-likeness (QED) is 0.469. The zero-order chi connectivity index (χ0) is 22.5. The lowest BCUT2D eigenvalue weighted by atomic mass is 10.2. The summed E-state index contributed by atoms with van der Waals surface area (Å²) in [6.07, 6.45) is 0.595. The Balaban J connectivity index is 1.42. The Kier molecular flexibility index (Phi) is 6.17. The smallest absolute Gasteiger partial charge is 0.255 e. The minimum Gasteiger partial charge on any atom is -0.497 e. The van der Waals surface area contributed by atoms with Gasteiger partial charge in [0.25, 0.3) is 11.8 Å². The summed E-state index contributed by atoms with van der Waals surface area (Å²) in [7, 11) is 3.53. The van der Waals surface area contributed by atoms with Crippen molar-refractivity contribution < 1.29 is 14.3 Å². The normalized spacial score (nSPS) is 10.7. The zero-order valence-electron chi connectivity index (χ0n) is 18.0. The molecule has 0 bridgehead atoms. The molecule has 1 aromatic heterocycles. The molecule has 2 N–H and O–H groups in total. The molecular weight excluding hydrogens is 404 g/mol. The Morgan fingerprint density at radius 1 is 0.938 bits per heavy atom. The van der Waals surface area contributed by atoms with E-state index in [0.29, 0.717) is 35.5 Å². The molecular formula is C25H24N4O3. The number of methoxy groups -OCH3 is 1. The first-order chi connectivity index (χ1) is 15.5. The first kappa shape index (κ1) is 21.1. The second-order valence-electron chi connectivity index (χ2n) is 7.35. The topological polar surface area (TPSA) is 85.2 Å². The summed E-state index contributed by atoms with van der Waals surface area (Å²) < 4.78 is 7.13. The molecule has 32 heavy (non-hydrogen) atoms. The van der Waals surface area contributed by atoms with Gasteiger partial charge in [-0.2, -0.15) is 0 Å². The molecule has 0 aliphatic carbocycles. The lowest BCUT2D eigenvalue weighted by molar-refractivity contribution is 0.0953. The molecule has 4 rings (SSSR count). The number of benzene rings is 3. The van der Waals surface area contributed by atoms with Crippen molar-refractivity contribution in [1.29, 1.82) is 0 Å². The Hall–Kier alpha value is -4.13. The molecule has 7 nitrogen and oxygen atoms in total. The van der Waals surface area contributed by atoms with Gasteiger partial charge in [-0.3, -0.25) is 9.59 Å². The van der Waals surface area contributed by atoms with Crippen molar-refractivity contribution >= 4 is 28.5 Å². The number of anilines is 1. The number of amides is 2. The number of rotatable bonds is 7. The fraction of sp³-hybridized carbons (Fsp3) is 0.160. The number of aromatic nitrogens is 2. The summed E-state index contributed by atoms with van der Waals surface area (Å²) >= 11 is 0. The van der Waals surface area contributed by atoms with E-state index in [1.807, 2.05) is 48.0 Å². The maximum Gasteiger partial charge on any atom is 0.255 e. The molecule has 7 heteroatoms. The van der Waals surface area contributed by atoms with Gasteiger partial charge in [-0.25, -0.2) is 4.98 Å². The average molecular weight is 428 g/mol. The predicted molar refractivity (Wildman–Crippen MR) is 124 cm³/mol. The van der Waals surface area contributed by atoms with Crippen LogP contribution in [0.3, 0.4) is 0 Å². The summed E-state index contributed by atoms with van der Waals surface area (Å²) in [6.45, 7) is 0.478. The average Bonchev–Trinajstić information content (AvgIpc) is 3.14. The van der Waals surface area contributed by atoms with Crippen LogP contribution in [0.2, 0.25) is 0 Å². The summed E-state index contributed by atoms with van der Waals surface area (Å²) in [4.78, 5) is 29.4. The highest BCUT2D eigenvalue weighted by Gasteiger charge is 2.12. The highest BCUT2D eigenvalue weighted by Crippen LogP contribution is 2.21. The fourth-order valence-corrected chi connectivity index (χ4v) is 3.48. The highest BCUT2D eigenvalue weighted by molar-refractivity contribution is 6.05. The third-order valence-corrected chi connectivity index (χ3v) is 5.25. The van der Waals surface area contributed by atoms with Crippen molar-refractivity contribution in [1.82, 2.24) is 14.9 Å². The zero-order valence-corrected chi connectivity index (χ0v) is 18.0. The van der Waals surface area contributed by atoms with Crippen LogP contribution in [0.15, 0.2) is 72.8 Å². The van der Waals surface area contributed by atoms with E-state index in [1.165, 1.54) is 0 Å². The number of imidazole rings is 1. The van der Waals surface area contributed by atoms with Gasteiger partial charge in [-0.1, -0.05) is 18.2 Å². The second-order valence-corrected chi connectivity index (χ2v) is 7.35. The lowest BCUT2D eigenvalue weighted by Crippen LogP contribution is -2.26. The molecule has 0 saturated heterocycles. The van der Waals surface area contributed by atoms with Crippen LogP contribution in [0.1, 0.15) is 26.5 Å². The van der Waals surface area contributed by atoms with Crippen molar-refractivity contribution in [3.63, 3.8) is 0 Å². The minimum atomic E-state index is -0.202. The molecule has 2 amide bonds. The van der Waals surface area contributed by atoms with E-state index in [4.69, 9.17) is 4.74 Å². The first-order valence-corrected chi connectivity index (χ1v) is 10.3. The van der Waals surface area contributed by atoms with Crippen molar-refractivity contribution in [3.8, 4) is 5.75 Å². The number of carbonyl (C=O) groups is 2. The van der Waals surface area contributed by atoms with E-state index in [-0.39, 0.29) is 11.8 Å². The highest BCUT2D eigenvalue weighted by atomic mass is 16.5. The van der Waals surface area contributed by atoms with Crippen LogP contribution < -0.4 is 15.4 Å². The van der Waals surface area contributed by atoms with Crippen LogP contribution in [0.25, 0.3) is 11.0 Å². The van der Waals surface area contributed by atoms with E-state index in [9.17, 15) is 9.59 Å². The van der Waals surface area contributed by atoms with Crippen LogP contribution in [0, 0.1) is 0 Å². The standard InChI is InChI=1S/C25H24N4O3/c1-29-22-13-10-19(27-25(31)18-8-11-20(32-2)12-9-18)16-21(22)28-23(29)14-15-26-24(30)17-6-4-3-5-7-17/h3-13,16H,14-15H2,1-2H3,(H,26,30)(H,27,31). The maximum atomic E-state index is 12.5. The van der Waals surface area contributed by atoms with Crippen LogP contribution in [0.5, 0.6) is 5.75 Å². The van der Waals surface area contributed by atoms with Crippen LogP contribution >= 0.6 is 0 Å². The van der Waals surface area contributed by atoms with Gasteiger partial charge in [0.2, 0.25) is 0 Å². The van der Waals surface area contributed by atoms with Gasteiger partial charge >= 0.3 is 0 Å². The molecule has 0 radical (unpaired) electrons. The molecule has 3 aromatic carbocycles. The molecule has 4 aromatic rings. The maximum absolute atomic E-state index is 12.5. The molecule has 0 fully saturated rings. The number of hydrogen-bond donors (Lipinski definition) is 2. The molecule has 0 aliphatic rings. The largest absolute Gasteiger partial charge is 0.497 e. The van der Waals surface area contributed by atoms with E-state index >= 15 is 0 Å². The van der Waals surface area contributed by atoms with Gasteiger partial charge in [-0.05, 0) is 54.6 Å². The van der Waals surface area contributed by atoms with Gasteiger partial charge in [0.1, 0.15) is 11.6 Å². The molecule has 0 spiro atoms. The third-order valence-electron chi connectivity index (χ3n) is 5.25. The Morgan fingerprint density at radius 3 is 2.38 bits per heavy atom. The molecule has 1 heterocycles. The van der Waals surface area contributed by atoms with E-state index in [1.54, 1.807) is 43.5 Å². The van der Waals surface area contributed by atoms with Crippen molar-refractivity contribution in [2.45, 2.75) is 6.42 Å². The number of fused-ring (bicyclic) bond motifs is 1. The molecule has 0 aliphatic heterocycles. The van der Waals surface area contributed by atoms with Crippen molar-refractivity contribution in [2.24, 2.45) is 7.05 Å². The minimum absolute atomic E-state index is 0.104. The fourth-order valence-electron chi connectivity index (χ4n) is 3.48. The number of nitrogens with zero attached hydrogens (tertiary/aromatic N) is 2.